The molecule has 0 fully saturated rings. The molecule has 1 aliphatic rings. The number of benzene rings is 2. The van der Waals surface area contributed by atoms with Gasteiger partial charge in [-0.3, -0.25) is 4.79 Å². The van der Waals surface area contributed by atoms with Crippen LogP contribution in [0.25, 0.3) is 5.69 Å². The molecule has 0 bridgehead atoms. The Morgan fingerprint density at radius 3 is 2.72 bits per heavy atom. The van der Waals surface area contributed by atoms with Gasteiger partial charge in [-0.1, -0.05) is 0 Å². The van der Waals surface area contributed by atoms with Gasteiger partial charge in [-0.2, -0.15) is 0 Å². The Bertz CT molecular complexity index is 1160. The van der Waals surface area contributed by atoms with Crippen molar-refractivity contribution < 1.29 is 14.3 Å². The monoisotopic (exact) mass is 405 g/mol. The summed E-state index contributed by atoms with van der Waals surface area (Å²) in [6, 6.07) is 13.1. The molecule has 2 aromatic heterocycles. The molecule has 0 radical (unpaired) electrons. The Kier molecular flexibility index (Phi) is 4.34. The first-order valence-corrected chi connectivity index (χ1v) is 9.64. The zero-order valence-corrected chi connectivity index (χ0v) is 15.8. The van der Waals surface area contributed by atoms with E-state index < -0.39 is 0 Å². The number of nitrogens with zero attached hydrogens (tertiary/aromatic N) is 3. The van der Waals surface area contributed by atoms with Gasteiger partial charge in [0, 0.05) is 40.9 Å². The third-order valence-corrected chi connectivity index (χ3v) is 5.05. The lowest BCUT2D eigenvalue weighted by atomic mass is 10.2. The van der Waals surface area contributed by atoms with Crippen LogP contribution in [0.4, 0.5) is 16.5 Å². The molecule has 1 aliphatic heterocycles. The molecule has 1 amide bonds. The van der Waals surface area contributed by atoms with E-state index in [1.807, 2.05) is 35.0 Å². The zero-order chi connectivity index (χ0) is 19.6. The van der Waals surface area contributed by atoms with E-state index in [1.54, 1.807) is 36.1 Å². The lowest BCUT2D eigenvalue weighted by Crippen LogP contribution is -2.12. The molecular formula is C20H15N5O3S. The average molecular weight is 405 g/mol. The van der Waals surface area contributed by atoms with Crippen LogP contribution in [-0.4, -0.2) is 27.2 Å². The van der Waals surface area contributed by atoms with Crippen molar-refractivity contribution in [3.05, 3.63) is 72.3 Å². The summed E-state index contributed by atoms with van der Waals surface area (Å²) in [6.45, 7) is 0.192. The maximum absolute atomic E-state index is 12.5. The summed E-state index contributed by atoms with van der Waals surface area (Å²) in [4.78, 5) is 20.9. The van der Waals surface area contributed by atoms with E-state index in [0.29, 0.717) is 28.0 Å². The fourth-order valence-electron chi connectivity index (χ4n) is 2.86. The Labute approximate surface area is 169 Å². The second kappa shape index (κ2) is 7.28. The molecule has 29 heavy (non-hydrogen) atoms. The van der Waals surface area contributed by atoms with Crippen LogP contribution in [0.5, 0.6) is 11.5 Å². The van der Waals surface area contributed by atoms with Gasteiger partial charge < -0.3 is 24.7 Å². The number of imidazole rings is 1. The third-order valence-electron chi connectivity index (χ3n) is 4.29. The highest BCUT2D eigenvalue weighted by atomic mass is 32.1. The van der Waals surface area contributed by atoms with Crippen molar-refractivity contribution in [3.63, 3.8) is 0 Å². The van der Waals surface area contributed by atoms with Gasteiger partial charge in [0.1, 0.15) is 5.69 Å². The molecule has 9 heteroatoms. The van der Waals surface area contributed by atoms with Crippen molar-refractivity contribution in [2.24, 2.45) is 0 Å². The summed E-state index contributed by atoms with van der Waals surface area (Å²) >= 11 is 1.36. The smallest absolute Gasteiger partial charge is 0.275 e. The SMILES string of the molecule is O=C(Nc1ccc2c(c1)OCO2)c1csc(Nc2ccc(-n3ccnc3)cc2)n1. The zero-order valence-electron chi connectivity index (χ0n) is 15.0. The quantitative estimate of drug-likeness (QED) is 0.521. The van der Waals surface area contributed by atoms with Gasteiger partial charge >= 0.3 is 0 Å². The molecule has 0 saturated heterocycles. The standard InChI is InChI=1S/C20H15N5O3S/c26-19(22-14-3-6-17-18(9-14)28-12-27-17)16-10-29-20(24-16)23-13-1-4-15(5-2-13)25-8-7-21-11-25/h1-11H,12H2,(H,22,26)(H,23,24). The Balaban J connectivity index is 1.25. The fraction of sp³-hybridized carbons (Fsp3) is 0.0500. The molecule has 0 aliphatic carbocycles. The first-order valence-electron chi connectivity index (χ1n) is 8.76. The van der Waals surface area contributed by atoms with Crippen LogP contribution in [0.2, 0.25) is 0 Å². The minimum absolute atomic E-state index is 0.192. The Hall–Kier alpha value is -3.85. The number of amides is 1. The van der Waals surface area contributed by atoms with Crippen LogP contribution in [-0.2, 0) is 0 Å². The molecule has 5 rings (SSSR count). The van der Waals surface area contributed by atoms with Crippen molar-refractivity contribution in [1.82, 2.24) is 14.5 Å². The molecule has 4 aromatic rings. The van der Waals surface area contributed by atoms with Crippen LogP contribution >= 0.6 is 11.3 Å². The Morgan fingerprint density at radius 2 is 1.90 bits per heavy atom. The molecule has 2 aromatic carbocycles. The normalized spacial score (nSPS) is 12.0. The minimum Gasteiger partial charge on any atom is -0.454 e. The molecule has 144 valence electrons. The highest BCUT2D eigenvalue weighted by Gasteiger charge is 2.16. The van der Waals surface area contributed by atoms with E-state index in [4.69, 9.17) is 9.47 Å². The number of carbonyl (C=O) groups excluding carboxylic acids is 1. The molecule has 0 atom stereocenters. The van der Waals surface area contributed by atoms with Gasteiger partial charge in [0.05, 0.1) is 6.33 Å². The van der Waals surface area contributed by atoms with E-state index in [2.05, 4.69) is 20.6 Å². The number of aromatic nitrogens is 3. The number of hydrogen-bond acceptors (Lipinski definition) is 7. The largest absolute Gasteiger partial charge is 0.454 e. The van der Waals surface area contributed by atoms with E-state index >= 15 is 0 Å². The fourth-order valence-corrected chi connectivity index (χ4v) is 3.57. The summed E-state index contributed by atoms with van der Waals surface area (Å²) in [5.41, 5.74) is 2.85. The van der Waals surface area contributed by atoms with Gasteiger partial charge in [0.15, 0.2) is 16.6 Å². The molecule has 8 nitrogen and oxygen atoms in total. The second-order valence-electron chi connectivity index (χ2n) is 6.20. The molecule has 0 unspecified atom stereocenters. The number of nitrogens with one attached hydrogen (secondary N) is 2. The van der Waals surface area contributed by atoms with E-state index in [1.165, 1.54) is 11.3 Å². The predicted octanol–water partition coefficient (Wildman–Crippen LogP) is 4.05. The van der Waals surface area contributed by atoms with Crippen LogP contribution in [0, 0.1) is 0 Å². The summed E-state index contributed by atoms with van der Waals surface area (Å²) < 4.78 is 12.5. The van der Waals surface area contributed by atoms with Gasteiger partial charge in [-0.25, -0.2) is 9.97 Å². The van der Waals surface area contributed by atoms with Crippen molar-refractivity contribution in [1.29, 1.82) is 0 Å². The number of fused-ring (bicyclic) bond motifs is 1. The summed E-state index contributed by atoms with van der Waals surface area (Å²) in [7, 11) is 0. The second-order valence-corrected chi connectivity index (χ2v) is 7.06. The van der Waals surface area contributed by atoms with Crippen molar-refractivity contribution in [2.45, 2.75) is 0 Å². The predicted molar refractivity (Wildman–Crippen MR) is 109 cm³/mol. The first-order chi connectivity index (χ1) is 14.2. The highest BCUT2D eigenvalue weighted by molar-refractivity contribution is 7.14. The molecule has 0 saturated carbocycles. The lowest BCUT2D eigenvalue weighted by molar-refractivity contribution is 0.102. The van der Waals surface area contributed by atoms with Crippen molar-refractivity contribution in [2.75, 3.05) is 17.4 Å². The topological polar surface area (TPSA) is 90.3 Å². The van der Waals surface area contributed by atoms with E-state index in [-0.39, 0.29) is 12.7 Å². The maximum Gasteiger partial charge on any atom is 0.275 e. The van der Waals surface area contributed by atoms with Crippen molar-refractivity contribution >= 4 is 33.8 Å². The maximum atomic E-state index is 12.5. The molecule has 2 N–H and O–H groups in total. The van der Waals surface area contributed by atoms with Crippen LogP contribution < -0.4 is 20.1 Å². The third kappa shape index (κ3) is 3.63. The molecule has 0 spiro atoms. The number of thiazole rings is 1. The summed E-state index contributed by atoms with van der Waals surface area (Å²) in [6.07, 6.45) is 5.36. The van der Waals surface area contributed by atoms with Crippen LogP contribution in [0.3, 0.4) is 0 Å². The summed E-state index contributed by atoms with van der Waals surface area (Å²) in [5.74, 6) is 0.994. The average Bonchev–Trinajstić information content (AvgIpc) is 3.50. The van der Waals surface area contributed by atoms with Gasteiger partial charge in [0.25, 0.3) is 5.91 Å². The van der Waals surface area contributed by atoms with Crippen molar-refractivity contribution in [3.8, 4) is 17.2 Å². The van der Waals surface area contributed by atoms with Crippen LogP contribution in [0.15, 0.2) is 66.6 Å². The number of carbonyl (C=O) groups is 1. The minimum atomic E-state index is -0.288. The number of rotatable bonds is 5. The summed E-state index contributed by atoms with van der Waals surface area (Å²) in [5, 5.41) is 8.39. The van der Waals surface area contributed by atoms with E-state index in [9.17, 15) is 4.79 Å². The number of hydrogen-bond donors (Lipinski definition) is 2. The van der Waals surface area contributed by atoms with Gasteiger partial charge in [-0.15, -0.1) is 11.3 Å². The van der Waals surface area contributed by atoms with Gasteiger partial charge in [0.2, 0.25) is 6.79 Å². The number of ether oxygens (including phenoxy) is 2. The molecule has 3 heterocycles. The first kappa shape index (κ1) is 17.3. The van der Waals surface area contributed by atoms with E-state index in [0.717, 1.165) is 11.4 Å². The van der Waals surface area contributed by atoms with Crippen LogP contribution in [0.1, 0.15) is 10.5 Å². The lowest BCUT2D eigenvalue weighted by Gasteiger charge is -2.06. The Morgan fingerprint density at radius 1 is 1.07 bits per heavy atom. The molecular weight excluding hydrogens is 390 g/mol. The van der Waals surface area contributed by atoms with Gasteiger partial charge in [-0.05, 0) is 36.4 Å². The highest BCUT2D eigenvalue weighted by Crippen LogP contribution is 2.34. The number of anilines is 3.